The first kappa shape index (κ1) is 10.4. The summed E-state index contributed by atoms with van der Waals surface area (Å²) in [6.07, 6.45) is 0. The summed E-state index contributed by atoms with van der Waals surface area (Å²) in [6, 6.07) is 0. The molecule has 0 amide bonds. The average molecular weight is 172 g/mol. The molecular weight excluding hydrogens is 156 g/mol. The summed E-state index contributed by atoms with van der Waals surface area (Å²) in [5, 5.41) is 1.08. The van der Waals surface area contributed by atoms with Crippen molar-refractivity contribution in [3.8, 4) is 0 Å². The van der Waals surface area contributed by atoms with E-state index < -0.39 is 8.07 Å². The monoisotopic (exact) mass is 172 g/mol. The van der Waals surface area contributed by atoms with Crippen molar-refractivity contribution in [2.24, 2.45) is 0 Å². The zero-order chi connectivity index (χ0) is 9.07. The summed E-state index contributed by atoms with van der Waals surface area (Å²) >= 11 is 0. The molecule has 0 aliphatic rings. The number of hydrogen-bond acceptors (Lipinski definition) is 2. The zero-order valence-electron chi connectivity index (χ0n) is 7.73. The molecule has 0 aliphatic heterocycles. The van der Waals surface area contributed by atoms with Gasteiger partial charge < -0.3 is 4.74 Å². The molecule has 0 spiro atoms. The van der Waals surface area contributed by atoms with Gasteiger partial charge in [-0.3, -0.25) is 4.79 Å². The highest BCUT2D eigenvalue weighted by Crippen LogP contribution is 2.11. The van der Waals surface area contributed by atoms with Gasteiger partial charge in [0.1, 0.15) is 6.61 Å². The van der Waals surface area contributed by atoms with Crippen molar-refractivity contribution in [3.63, 3.8) is 0 Å². The molecule has 0 rings (SSSR count). The van der Waals surface area contributed by atoms with Gasteiger partial charge in [-0.25, -0.2) is 0 Å². The van der Waals surface area contributed by atoms with E-state index in [2.05, 4.69) is 26.2 Å². The van der Waals surface area contributed by atoms with E-state index in [0.29, 0.717) is 6.61 Å². The third kappa shape index (κ3) is 4.78. The lowest BCUT2D eigenvalue weighted by atomic mass is 10.6. The minimum absolute atomic E-state index is 0.232. The quantitative estimate of drug-likeness (QED) is 0.480. The number of rotatable bonds is 3. The van der Waals surface area contributed by atoms with E-state index in [1.807, 2.05) is 0 Å². The highest BCUT2D eigenvalue weighted by atomic mass is 28.3. The predicted molar refractivity (Wildman–Crippen MR) is 49.1 cm³/mol. The fourth-order valence-electron chi connectivity index (χ4n) is 0.405. The van der Waals surface area contributed by atoms with Crippen molar-refractivity contribution in [1.82, 2.24) is 0 Å². The minimum atomic E-state index is -1.30. The summed E-state index contributed by atoms with van der Waals surface area (Å²) in [7, 11) is -1.30. The summed E-state index contributed by atoms with van der Waals surface area (Å²) < 4.78 is 4.83. The van der Waals surface area contributed by atoms with Crippen LogP contribution in [0.25, 0.3) is 0 Å². The van der Waals surface area contributed by atoms with E-state index in [4.69, 9.17) is 4.74 Å². The molecule has 0 aromatic heterocycles. The third-order valence-electron chi connectivity index (χ3n) is 1.51. The number of carbonyl (C=O) groups is 1. The van der Waals surface area contributed by atoms with Gasteiger partial charge in [-0.1, -0.05) is 24.8 Å². The molecule has 0 fully saturated rings. The standard InChI is InChI=1S/C8H16O2Si/c1-7(11(3,4)5)6-10-8(2)9/h1,6H2,2-5H3. The van der Waals surface area contributed by atoms with E-state index in [-0.39, 0.29) is 5.97 Å². The van der Waals surface area contributed by atoms with Crippen molar-refractivity contribution >= 4 is 14.0 Å². The Balaban J connectivity index is 3.80. The summed E-state index contributed by atoms with van der Waals surface area (Å²) in [6.45, 7) is 12.2. The first-order chi connectivity index (χ1) is 4.84. The number of ether oxygens (including phenoxy) is 1. The van der Waals surface area contributed by atoms with E-state index in [1.54, 1.807) is 0 Å². The largest absolute Gasteiger partial charge is 0.462 e. The first-order valence-corrected chi connectivity index (χ1v) is 7.15. The van der Waals surface area contributed by atoms with Gasteiger partial charge in [0, 0.05) is 6.92 Å². The molecule has 2 nitrogen and oxygen atoms in total. The molecule has 0 N–H and O–H groups in total. The summed E-state index contributed by atoms with van der Waals surface area (Å²) in [4.78, 5) is 10.4. The predicted octanol–water partition coefficient (Wildman–Crippen LogP) is 1.98. The van der Waals surface area contributed by atoms with E-state index in [9.17, 15) is 4.79 Å². The fraction of sp³-hybridized carbons (Fsp3) is 0.625. The number of carbonyl (C=O) groups excluding carboxylic acids is 1. The van der Waals surface area contributed by atoms with Gasteiger partial charge in [0.25, 0.3) is 0 Å². The second-order valence-electron chi connectivity index (χ2n) is 3.63. The molecule has 0 saturated carbocycles. The maximum atomic E-state index is 10.4. The van der Waals surface area contributed by atoms with Gasteiger partial charge >= 0.3 is 5.97 Å². The molecule has 0 aliphatic carbocycles. The Morgan fingerprint density at radius 3 is 2.18 bits per heavy atom. The summed E-state index contributed by atoms with van der Waals surface area (Å²) in [5.41, 5.74) is 0. The molecule has 0 atom stereocenters. The Morgan fingerprint density at radius 1 is 1.45 bits per heavy atom. The van der Waals surface area contributed by atoms with Crippen LogP contribution in [0.15, 0.2) is 11.8 Å². The molecule has 0 bridgehead atoms. The Labute approximate surface area is 69.3 Å². The van der Waals surface area contributed by atoms with Crippen LogP contribution in [-0.4, -0.2) is 20.7 Å². The Hall–Kier alpha value is -0.573. The lowest BCUT2D eigenvalue weighted by Gasteiger charge is -2.18. The van der Waals surface area contributed by atoms with Gasteiger partial charge in [0.2, 0.25) is 0 Å². The molecule has 3 heteroatoms. The topological polar surface area (TPSA) is 26.3 Å². The Kier molecular flexibility index (Phi) is 3.52. The first-order valence-electron chi connectivity index (χ1n) is 3.65. The smallest absolute Gasteiger partial charge is 0.302 e. The van der Waals surface area contributed by atoms with Crippen LogP contribution < -0.4 is 0 Å². The molecule has 11 heavy (non-hydrogen) atoms. The van der Waals surface area contributed by atoms with Gasteiger partial charge in [-0.2, -0.15) is 0 Å². The molecule has 0 aromatic rings. The Morgan fingerprint density at radius 2 is 1.91 bits per heavy atom. The normalized spacial score (nSPS) is 10.9. The molecule has 0 aromatic carbocycles. The molecule has 0 heterocycles. The number of hydrogen-bond donors (Lipinski definition) is 0. The second kappa shape index (κ2) is 3.71. The van der Waals surface area contributed by atoms with Gasteiger partial charge in [-0.15, -0.1) is 6.58 Å². The van der Waals surface area contributed by atoms with Crippen molar-refractivity contribution in [3.05, 3.63) is 11.8 Å². The number of esters is 1. The van der Waals surface area contributed by atoms with Crippen LogP contribution in [-0.2, 0) is 9.53 Å². The third-order valence-corrected chi connectivity index (χ3v) is 3.78. The lowest BCUT2D eigenvalue weighted by molar-refractivity contribution is -0.139. The average Bonchev–Trinajstić information content (AvgIpc) is 1.80. The fourth-order valence-corrected chi connectivity index (χ4v) is 0.910. The lowest BCUT2D eigenvalue weighted by Crippen LogP contribution is -2.26. The van der Waals surface area contributed by atoms with E-state index in [1.165, 1.54) is 6.92 Å². The van der Waals surface area contributed by atoms with E-state index in [0.717, 1.165) is 5.20 Å². The van der Waals surface area contributed by atoms with Gasteiger partial charge in [0.15, 0.2) is 0 Å². The van der Waals surface area contributed by atoms with Crippen LogP contribution in [0.4, 0.5) is 0 Å². The van der Waals surface area contributed by atoms with Crippen molar-refractivity contribution in [1.29, 1.82) is 0 Å². The second-order valence-corrected chi connectivity index (χ2v) is 8.84. The minimum Gasteiger partial charge on any atom is -0.462 e. The maximum absolute atomic E-state index is 10.4. The van der Waals surface area contributed by atoms with Crippen LogP contribution >= 0.6 is 0 Å². The summed E-state index contributed by atoms with van der Waals surface area (Å²) in [5.74, 6) is -0.232. The van der Waals surface area contributed by atoms with Crippen molar-refractivity contribution < 1.29 is 9.53 Å². The van der Waals surface area contributed by atoms with Crippen LogP contribution in [0.2, 0.25) is 19.6 Å². The van der Waals surface area contributed by atoms with Crippen molar-refractivity contribution in [2.45, 2.75) is 26.6 Å². The molecule has 0 saturated heterocycles. The van der Waals surface area contributed by atoms with Crippen LogP contribution in [0, 0.1) is 0 Å². The Bertz CT molecular complexity index is 167. The van der Waals surface area contributed by atoms with Crippen LogP contribution in [0.3, 0.4) is 0 Å². The maximum Gasteiger partial charge on any atom is 0.302 e. The van der Waals surface area contributed by atoms with Crippen molar-refractivity contribution in [2.75, 3.05) is 6.61 Å². The van der Waals surface area contributed by atoms with Crippen LogP contribution in [0.1, 0.15) is 6.92 Å². The molecule has 0 unspecified atom stereocenters. The van der Waals surface area contributed by atoms with Crippen LogP contribution in [0.5, 0.6) is 0 Å². The van der Waals surface area contributed by atoms with E-state index >= 15 is 0 Å². The highest BCUT2D eigenvalue weighted by molar-refractivity contribution is 6.83. The molecule has 0 radical (unpaired) electrons. The highest BCUT2D eigenvalue weighted by Gasteiger charge is 2.17. The molecule has 64 valence electrons. The van der Waals surface area contributed by atoms with Gasteiger partial charge in [0.05, 0.1) is 8.07 Å². The van der Waals surface area contributed by atoms with Gasteiger partial charge in [-0.05, 0) is 0 Å². The molecular formula is C8H16O2Si. The SMILES string of the molecule is C=C(COC(C)=O)[Si](C)(C)C. The zero-order valence-corrected chi connectivity index (χ0v) is 8.73.